The van der Waals surface area contributed by atoms with E-state index in [1.807, 2.05) is 82.3 Å². The molecular weight excluding hydrogens is 400 g/mol. The topological polar surface area (TPSA) is 58.6 Å². The Labute approximate surface area is 193 Å². The lowest BCUT2D eigenvalue weighted by Crippen LogP contribution is -2.54. The summed E-state index contributed by atoms with van der Waals surface area (Å²) < 4.78 is 6.00. The van der Waals surface area contributed by atoms with E-state index in [1.165, 1.54) is 0 Å². The molecule has 1 N–H and O–H groups in total. The lowest BCUT2D eigenvalue weighted by molar-refractivity contribution is -0.143. The first kappa shape index (κ1) is 25.4. The van der Waals surface area contributed by atoms with E-state index in [2.05, 4.69) is 26.1 Å². The third-order valence-electron chi connectivity index (χ3n) is 5.13. The number of hydrogen-bond acceptors (Lipinski definition) is 3. The van der Waals surface area contributed by atoms with Gasteiger partial charge < -0.3 is 15.0 Å². The zero-order valence-corrected chi connectivity index (χ0v) is 20.6. The van der Waals surface area contributed by atoms with Crippen LogP contribution in [0.5, 0.6) is 5.75 Å². The normalized spacial score (nSPS) is 12.7. The highest BCUT2D eigenvalue weighted by atomic mass is 16.5. The van der Waals surface area contributed by atoms with E-state index in [-0.39, 0.29) is 29.4 Å². The SMILES string of the molecule is CC[C@@H](C(=O)NC(C)(C)C)N(Cc1ccccc1)C(=O)COc1ccccc1C(C)(C)C. The van der Waals surface area contributed by atoms with E-state index < -0.39 is 6.04 Å². The largest absolute Gasteiger partial charge is 0.483 e. The van der Waals surface area contributed by atoms with Gasteiger partial charge in [0, 0.05) is 12.1 Å². The first-order chi connectivity index (χ1) is 14.9. The van der Waals surface area contributed by atoms with Gasteiger partial charge in [-0.05, 0) is 49.8 Å². The number of hydrogen-bond donors (Lipinski definition) is 1. The van der Waals surface area contributed by atoms with Crippen LogP contribution in [0.4, 0.5) is 0 Å². The molecule has 32 heavy (non-hydrogen) atoms. The third kappa shape index (κ3) is 7.40. The molecule has 0 unspecified atom stereocenters. The molecule has 5 nitrogen and oxygen atoms in total. The molecule has 1 atom stereocenters. The monoisotopic (exact) mass is 438 g/mol. The number of benzene rings is 2. The fraction of sp³-hybridized carbons (Fsp3) is 0.481. The van der Waals surface area contributed by atoms with Crippen molar-refractivity contribution in [3.8, 4) is 5.75 Å². The number of para-hydroxylation sites is 1. The molecule has 2 amide bonds. The highest BCUT2D eigenvalue weighted by molar-refractivity contribution is 5.88. The van der Waals surface area contributed by atoms with E-state index in [9.17, 15) is 9.59 Å². The second-order valence-electron chi connectivity index (χ2n) is 10.2. The second kappa shape index (κ2) is 10.7. The van der Waals surface area contributed by atoms with Crippen LogP contribution in [0.3, 0.4) is 0 Å². The molecule has 2 aromatic carbocycles. The van der Waals surface area contributed by atoms with Crippen molar-refractivity contribution in [3.63, 3.8) is 0 Å². The quantitative estimate of drug-likeness (QED) is 0.625. The van der Waals surface area contributed by atoms with Gasteiger partial charge in [0.05, 0.1) is 0 Å². The molecule has 0 bridgehead atoms. The Morgan fingerprint density at radius 3 is 2.09 bits per heavy atom. The van der Waals surface area contributed by atoms with Crippen molar-refractivity contribution in [2.24, 2.45) is 0 Å². The predicted octanol–water partition coefficient (Wildman–Crippen LogP) is 5.09. The lowest BCUT2D eigenvalue weighted by Gasteiger charge is -2.33. The van der Waals surface area contributed by atoms with Crippen LogP contribution >= 0.6 is 0 Å². The summed E-state index contributed by atoms with van der Waals surface area (Å²) in [7, 11) is 0. The molecule has 0 aromatic heterocycles. The van der Waals surface area contributed by atoms with Crippen LogP contribution in [0, 0.1) is 0 Å². The fourth-order valence-corrected chi connectivity index (χ4v) is 3.59. The molecule has 0 spiro atoms. The highest BCUT2D eigenvalue weighted by Crippen LogP contribution is 2.31. The number of amides is 2. The molecular formula is C27H38N2O3. The molecule has 0 fully saturated rings. The average molecular weight is 439 g/mol. The number of carbonyl (C=O) groups is 2. The minimum atomic E-state index is -0.580. The zero-order chi connectivity index (χ0) is 23.9. The van der Waals surface area contributed by atoms with Crippen molar-refractivity contribution in [2.45, 2.75) is 78.4 Å². The maximum atomic E-state index is 13.4. The molecule has 0 aliphatic rings. The van der Waals surface area contributed by atoms with Gasteiger partial charge in [-0.3, -0.25) is 9.59 Å². The average Bonchev–Trinajstić information content (AvgIpc) is 2.71. The number of carbonyl (C=O) groups excluding carboxylic acids is 2. The number of ether oxygens (including phenoxy) is 1. The molecule has 5 heteroatoms. The molecule has 2 rings (SSSR count). The number of nitrogens with zero attached hydrogens (tertiary/aromatic N) is 1. The van der Waals surface area contributed by atoms with Gasteiger partial charge in [0.25, 0.3) is 5.91 Å². The standard InChI is InChI=1S/C27H38N2O3/c1-8-22(25(31)28-27(5,6)7)29(18-20-14-10-9-11-15-20)24(30)19-32-23-17-13-12-16-21(23)26(2,3)4/h9-17,22H,8,18-19H2,1-7H3,(H,28,31)/t22-/m0/s1. The van der Waals surface area contributed by atoms with Crippen LogP contribution in [-0.2, 0) is 21.5 Å². The highest BCUT2D eigenvalue weighted by Gasteiger charge is 2.31. The summed E-state index contributed by atoms with van der Waals surface area (Å²) in [5.74, 6) is 0.327. The van der Waals surface area contributed by atoms with Crippen LogP contribution in [0.15, 0.2) is 54.6 Å². The van der Waals surface area contributed by atoms with Crippen molar-refractivity contribution in [3.05, 3.63) is 65.7 Å². The van der Waals surface area contributed by atoms with Crippen LogP contribution in [-0.4, -0.2) is 34.9 Å². The second-order valence-corrected chi connectivity index (χ2v) is 10.2. The van der Waals surface area contributed by atoms with Crippen molar-refractivity contribution in [1.82, 2.24) is 10.2 Å². The summed E-state index contributed by atoms with van der Waals surface area (Å²) in [5, 5.41) is 3.02. The molecule has 0 saturated carbocycles. The van der Waals surface area contributed by atoms with Crippen molar-refractivity contribution >= 4 is 11.8 Å². The van der Waals surface area contributed by atoms with Gasteiger partial charge in [-0.25, -0.2) is 0 Å². The predicted molar refractivity (Wildman–Crippen MR) is 130 cm³/mol. The minimum absolute atomic E-state index is 0.109. The van der Waals surface area contributed by atoms with Crippen LogP contribution < -0.4 is 10.1 Å². The van der Waals surface area contributed by atoms with E-state index in [0.717, 1.165) is 11.1 Å². The van der Waals surface area contributed by atoms with Gasteiger partial charge in [0.1, 0.15) is 11.8 Å². The van der Waals surface area contributed by atoms with Crippen molar-refractivity contribution < 1.29 is 14.3 Å². The van der Waals surface area contributed by atoms with Gasteiger partial charge in [-0.1, -0.05) is 76.2 Å². The van der Waals surface area contributed by atoms with Crippen molar-refractivity contribution in [1.29, 1.82) is 0 Å². The summed E-state index contributed by atoms with van der Waals surface area (Å²) in [6.45, 7) is 14.3. The lowest BCUT2D eigenvalue weighted by atomic mass is 9.86. The van der Waals surface area contributed by atoms with Crippen LogP contribution in [0.25, 0.3) is 0 Å². The molecule has 0 aliphatic carbocycles. The van der Waals surface area contributed by atoms with Gasteiger partial charge in [-0.2, -0.15) is 0 Å². The van der Waals surface area contributed by atoms with Crippen LogP contribution in [0.2, 0.25) is 0 Å². The molecule has 0 aliphatic heterocycles. The molecule has 174 valence electrons. The van der Waals surface area contributed by atoms with Gasteiger partial charge in [0.15, 0.2) is 6.61 Å². The fourth-order valence-electron chi connectivity index (χ4n) is 3.59. The molecule has 2 aromatic rings. The van der Waals surface area contributed by atoms with E-state index in [0.29, 0.717) is 18.7 Å². The molecule has 0 radical (unpaired) electrons. The third-order valence-corrected chi connectivity index (χ3v) is 5.13. The first-order valence-electron chi connectivity index (χ1n) is 11.3. The minimum Gasteiger partial charge on any atom is -0.483 e. The Kier molecular flexibility index (Phi) is 8.48. The van der Waals surface area contributed by atoms with Gasteiger partial charge in [-0.15, -0.1) is 0 Å². The first-order valence-corrected chi connectivity index (χ1v) is 11.3. The van der Waals surface area contributed by atoms with E-state index in [4.69, 9.17) is 4.74 Å². The van der Waals surface area contributed by atoms with Gasteiger partial charge >= 0.3 is 0 Å². The van der Waals surface area contributed by atoms with Crippen molar-refractivity contribution in [2.75, 3.05) is 6.61 Å². The maximum Gasteiger partial charge on any atom is 0.261 e. The molecule has 0 heterocycles. The Bertz CT molecular complexity index is 895. The van der Waals surface area contributed by atoms with E-state index >= 15 is 0 Å². The summed E-state index contributed by atoms with van der Waals surface area (Å²) >= 11 is 0. The summed E-state index contributed by atoms with van der Waals surface area (Å²) in [6.07, 6.45) is 0.513. The Morgan fingerprint density at radius 2 is 1.53 bits per heavy atom. The Morgan fingerprint density at radius 1 is 0.938 bits per heavy atom. The van der Waals surface area contributed by atoms with Gasteiger partial charge in [0.2, 0.25) is 5.91 Å². The zero-order valence-electron chi connectivity index (χ0n) is 20.6. The summed E-state index contributed by atoms with van der Waals surface area (Å²) in [6, 6.07) is 16.9. The maximum absolute atomic E-state index is 13.4. The number of nitrogens with one attached hydrogen (secondary N) is 1. The molecule has 0 saturated heterocycles. The van der Waals surface area contributed by atoms with E-state index in [1.54, 1.807) is 4.90 Å². The Balaban J connectivity index is 2.27. The van der Waals surface area contributed by atoms with Crippen LogP contribution in [0.1, 0.15) is 66.0 Å². The summed E-state index contributed by atoms with van der Waals surface area (Å²) in [5.41, 5.74) is 1.52. The number of rotatable bonds is 8. The summed E-state index contributed by atoms with van der Waals surface area (Å²) in [4.78, 5) is 28.0. The smallest absolute Gasteiger partial charge is 0.261 e. The Hall–Kier alpha value is -2.82.